The number of carbonyl (C=O) groups excluding carboxylic acids is 1. The van der Waals surface area contributed by atoms with Gasteiger partial charge in [-0.2, -0.15) is 0 Å². The maximum absolute atomic E-state index is 11.2. The number of rotatable bonds is 5. The van der Waals surface area contributed by atoms with Gasteiger partial charge in [0.15, 0.2) is 11.5 Å². The number of fused-ring (bicyclic) bond motifs is 1. The van der Waals surface area contributed by atoms with E-state index in [2.05, 4.69) is 18.4 Å². The molecular weight excluding hydrogens is 258 g/mol. The highest BCUT2D eigenvalue weighted by molar-refractivity contribution is 5.84. The van der Waals surface area contributed by atoms with Gasteiger partial charge in [0, 0.05) is 19.2 Å². The molecule has 20 heavy (non-hydrogen) atoms. The molecule has 0 saturated heterocycles. The Morgan fingerprint density at radius 3 is 3.10 bits per heavy atom. The number of phenols is 1. The molecule has 2 rings (SSSR count). The minimum absolute atomic E-state index is 0.0427. The summed E-state index contributed by atoms with van der Waals surface area (Å²) in [6.45, 7) is 7.46. The Kier molecular flexibility index (Phi) is 4.63. The lowest BCUT2D eigenvalue weighted by Crippen LogP contribution is -2.32. The van der Waals surface area contributed by atoms with Crippen molar-refractivity contribution in [3.63, 3.8) is 0 Å². The minimum Gasteiger partial charge on any atom is -0.504 e. The zero-order valence-electron chi connectivity index (χ0n) is 11.6. The molecule has 0 aromatic heterocycles. The van der Waals surface area contributed by atoms with Gasteiger partial charge in [-0.05, 0) is 18.6 Å². The fourth-order valence-corrected chi connectivity index (χ4v) is 2.07. The second-order valence-electron chi connectivity index (χ2n) is 4.69. The van der Waals surface area contributed by atoms with Crippen LogP contribution in [0.1, 0.15) is 25.3 Å². The summed E-state index contributed by atoms with van der Waals surface area (Å²) in [5.74, 6) is 0.127. The van der Waals surface area contributed by atoms with Gasteiger partial charge in [-0.15, -0.1) is 0 Å². The topological polar surface area (TPSA) is 59.0 Å². The molecule has 1 aromatic rings. The molecule has 5 nitrogen and oxygen atoms in total. The molecule has 1 aromatic carbocycles. The summed E-state index contributed by atoms with van der Waals surface area (Å²) < 4.78 is 10.6. The van der Waals surface area contributed by atoms with Crippen molar-refractivity contribution in [2.45, 2.75) is 26.3 Å². The molecule has 0 spiro atoms. The SMILES string of the molecule is C=CC(=O)Oc1ccc2c(c1O)CN(CCCC)CO2. The second-order valence-corrected chi connectivity index (χ2v) is 4.69. The summed E-state index contributed by atoms with van der Waals surface area (Å²) in [5.41, 5.74) is 0.654. The number of aromatic hydroxyl groups is 1. The Balaban J connectivity index is 2.18. The molecule has 1 aliphatic rings. The van der Waals surface area contributed by atoms with Gasteiger partial charge < -0.3 is 14.6 Å². The van der Waals surface area contributed by atoms with Gasteiger partial charge in [-0.25, -0.2) is 4.79 Å². The average Bonchev–Trinajstić information content (AvgIpc) is 2.48. The number of esters is 1. The predicted octanol–water partition coefficient (Wildman–Crippen LogP) is 2.44. The van der Waals surface area contributed by atoms with Crippen molar-refractivity contribution >= 4 is 5.97 Å². The van der Waals surface area contributed by atoms with Crippen molar-refractivity contribution < 1.29 is 19.4 Å². The lowest BCUT2D eigenvalue weighted by atomic mass is 10.1. The number of nitrogens with zero attached hydrogens (tertiary/aromatic N) is 1. The number of unbranched alkanes of at least 4 members (excludes halogenated alkanes) is 1. The summed E-state index contributed by atoms with van der Waals surface area (Å²) in [6, 6.07) is 3.23. The first-order valence-electron chi connectivity index (χ1n) is 6.70. The third kappa shape index (κ3) is 3.11. The molecule has 108 valence electrons. The van der Waals surface area contributed by atoms with Crippen molar-refractivity contribution in [2.24, 2.45) is 0 Å². The van der Waals surface area contributed by atoms with Gasteiger partial charge in [0.25, 0.3) is 0 Å². The molecule has 0 atom stereocenters. The molecule has 1 aliphatic heterocycles. The van der Waals surface area contributed by atoms with Crippen LogP contribution in [-0.2, 0) is 11.3 Å². The zero-order valence-corrected chi connectivity index (χ0v) is 11.6. The quantitative estimate of drug-likeness (QED) is 0.509. The van der Waals surface area contributed by atoms with Gasteiger partial charge in [-0.3, -0.25) is 4.90 Å². The third-order valence-corrected chi connectivity index (χ3v) is 3.19. The number of ether oxygens (including phenoxy) is 2. The van der Waals surface area contributed by atoms with Crippen LogP contribution >= 0.6 is 0 Å². The van der Waals surface area contributed by atoms with E-state index in [0.29, 0.717) is 24.6 Å². The molecule has 0 fully saturated rings. The van der Waals surface area contributed by atoms with E-state index in [1.807, 2.05) is 0 Å². The number of benzene rings is 1. The van der Waals surface area contributed by atoms with Crippen molar-refractivity contribution in [1.82, 2.24) is 4.90 Å². The molecule has 0 saturated carbocycles. The average molecular weight is 277 g/mol. The highest BCUT2D eigenvalue weighted by Gasteiger charge is 2.23. The second kappa shape index (κ2) is 6.43. The van der Waals surface area contributed by atoms with Crippen LogP contribution < -0.4 is 9.47 Å². The maximum atomic E-state index is 11.2. The fraction of sp³-hybridized carbons (Fsp3) is 0.400. The Morgan fingerprint density at radius 1 is 1.60 bits per heavy atom. The maximum Gasteiger partial charge on any atom is 0.335 e. The summed E-state index contributed by atoms with van der Waals surface area (Å²) >= 11 is 0. The van der Waals surface area contributed by atoms with E-state index in [4.69, 9.17) is 9.47 Å². The van der Waals surface area contributed by atoms with Crippen molar-refractivity contribution in [2.75, 3.05) is 13.3 Å². The van der Waals surface area contributed by atoms with Crippen LogP contribution in [-0.4, -0.2) is 29.3 Å². The van der Waals surface area contributed by atoms with Crippen molar-refractivity contribution in [3.8, 4) is 17.2 Å². The van der Waals surface area contributed by atoms with E-state index in [9.17, 15) is 9.90 Å². The number of hydrogen-bond donors (Lipinski definition) is 1. The minimum atomic E-state index is -0.597. The number of phenolic OH excluding ortho intramolecular Hbond substituents is 1. The van der Waals surface area contributed by atoms with E-state index in [1.54, 1.807) is 6.07 Å². The van der Waals surface area contributed by atoms with Crippen LogP contribution in [0.4, 0.5) is 0 Å². The lowest BCUT2D eigenvalue weighted by Gasteiger charge is -2.29. The standard InChI is InChI=1S/C15H19NO4/c1-3-5-8-16-9-11-12(19-10-16)6-7-13(15(11)18)20-14(17)4-2/h4,6-7,18H,2-3,5,8-10H2,1H3. The van der Waals surface area contributed by atoms with Crippen molar-refractivity contribution in [1.29, 1.82) is 0 Å². The first-order valence-corrected chi connectivity index (χ1v) is 6.70. The molecular formula is C15H19NO4. The highest BCUT2D eigenvalue weighted by atomic mass is 16.5. The van der Waals surface area contributed by atoms with E-state index in [0.717, 1.165) is 25.5 Å². The van der Waals surface area contributed by atoms with Gasteiger partial charge in [0.2, 0.25) is 0 Å². The van der Waals surface area contributed by atoms with Crippen LogP contribution in [0.5, 0.6) is 17.2 Å². The summed E-state index contributed by atoms with van der Waals surface area (Å²) in [7, 11) is 0. The van der Waals surface area contributed by atoms with E-state index in [-0.39, 0.29) is 11.5 Å². The largest absolute Gasteiger partial charge is 0.504 e. The first-order chi connectivity index (χ1) is 9.65. The summed E-state index contributed by atoms with van der Waals surface area (Å²) in [5, 5.41) is 10.2. The van der Waals surface area contributed by atoms with Crippen LogP contribution in [0.25, 0.3) is 0 Å². The van der Waals surface area contributed by atoms with Crippen LogP contribution in [0.3, 0.4) is 0 Å². The Hall–Kier alpha value is -2.01. The smallest absolute Gasteiger partial charge is 0.335 e. The Morgan fingerprint density at radius 2 is 2.40 bits per heavy atom. The highest BCUT2D eigenvalue weighted by Crippen LogP contribution is 2.39. The number of carbonyl (C=O) groups is 1. The predicted molar refractivity (Wildman–Crippen MR) is 74.8 cm³/mol. The molecule has 0 amide bonds. The monoisotopic (exact) mass is 277 g/mol. The molecule has 1 N–H and O–H groups in total. The molecule has 0 bridgehead atoms. The lowest BCUT2D eigenvalue weighted by molar-refractivity contribution is -0.129. The summed E-state index contributed by atoms with van der Waals surface area (Å²) in [4.78, 5) is 13.3. The van der Waals surface area contributed by atoms with Gasteiger partial charge in [-0.1, -0.05) is 19.9 Å². The van der Waals surface area contributed by atoms with Gasteiger partial charge >= 0.3 is 5.97 Å². The first kappa shape index (κ1) is 14.4. The third-order valence-electron chi connectivity index (χ3n) is 3.19. The van der Waals surface area contributed by atoms with Crippen LogP contribution in [0.15, 0.2) is 24.8 Å². The van der Waals surface area contributed by atoms with E-state index >= 15 is 0 Å². The van der Waals surface area contributed by atoms with Gasteiger partial charge in [0.05, 0.1) is 5.56 Å². The van der Waals surface area contributed by atoms with Crippen molar-refractivity contribution in [3.05, 3.63) is 30.4 Å². The normalized spacial score (nSPS) is 14.2. The van der Waals surface area contributed by atoms with E-state index in [1.165, 1.54) is 6.07 Å². The fourth-order valence-electron chi connectivity index (χ4n) is 2.07. The van der Waals surface area contributed by atoms with Crippen LogP contribution in [0.2, 0.25) is 0 Å². The number of hydrogen-bond acceptors (Lipinski definition) is 5. The van der Waals surface area contributed by atoms with E-state index < -0.39 is 5.97 Å². The summed E-state index contributed by atoms with van der Waals surface area (Å²) in [6.07, 6.45) is 3.24. The van der Waals surface area contributed by atoms with Crippen LogP contribution in [0, 0.1) is 0 Å². The zero-order chi connectivity index (χ0) is 14.5. The molecule has 0 radical (unpaired) electrons. The molecule has 1 heterocycles. The molecule has 0 aliphatic carbocycles. The molecule has 0 unspecified atom stereocenters. The Labute approximate surface area is 118 Å². The van der Waals surface area contributed by atoms with Gasteiger partial charge in [0.1, 0.15) is 12.5 Å². The Bertz CT molecular complexity index is 513. The molecule has 5 heteroatoms.